The van der Waals surface area contributed by atoms with E-state index in [2.05, 4.69) is 91.8 Å². The molecule has 2 rings (SSSR count). The van der Waals surface area contributed by atoms with Crippen LogP contribution < -0.4 is 9.47 Å². The van der Waals surface area contributed by atoms with E-state index < -0.39 is 0 Å². The fourth-order valence-electron chi connectivity index (χ4n) is 6.82. The van der Waals surface area contributed by atoms with Crippen molar-refractivity contribution in [3.63, 3.8) is 0 Å². The summed E-state index contributed by atoms with van der Waals surface area (Å²) in [6.45, 7) is 22.6. The summed E-state index contributed by atoms with van der Waals surface area (Å²) < 4.78 is 40.9. The van der Waals surface area contributed by atoms with Crippen LogP contribution in [0.2, 0.25) is 0 Å². The Hall–Kier alpha value is -3.60. The van der Waals surface area contributed by atoms with Crippen LogP contribution in [0.15, 0.2) is 70.9 Å². The summed E-state index contributed by atoms with van der Waals surface area (Å²) in [6, 6.07) is 7.97. The van der Waals surface area contributed by atoms with E-state index >= 15 is 0 Å². The molecule has 2 N–H and O–H groups in total. The zero-order valence-electron chi connectivity index (χ0n) is 40.8. The minimum atomic E-state index is 0.300. The zero-order valence-corrected chi connectivity index (χ0v) is 40.8. The number of hydrogen-bond acceptors (Lipinski definition) is 9. The third-order valence-electron chi connectivity index (χ3n) is 10.6. The van der Waals surface area contributed by atoms with Crippen molar-refractivity contribution >= 4 is 0 Å². The lowest BCUT2D eigenvalue weighted by molar-refractivity contribution is -0.0142. The number of phenols is 2. The summed E-state index contributed by atoms with van der Waals surface area (Å²) in [5.41, 5.74) is 9.13. The van der Waals surface area contributed by atoms with Crippen LogP contribution >= 0.6 is 0 Å². The predicted molar refractivity (Wildman–Crippen MR) is 260 cm³/mol. The molecule has 0 bridgehead atoms. The molecule has 0 heterocycles. The molecule has 2 aromatic rings. The topological polar surface area (TPSA) is 105 Å². The van der Waals surface area contributed by atoms with E-state index in [1.54, 1.807) is 0 Å². The van der Waals surface area contributed by atoms with Crippen LogP contribution in [-0.2, 0) is 49.4 Å². The summed E-state index contributed by atoms with van der Waals surface area (Å²) in [7, 11) is 0. The number of unbranched alkanes of at least 4 members (excludes halogenated alkanes) is 4. The van der Waals surface area contributed by atoms with E-state index in [9.17, 15) is 10.2 Å². The zero-order chi connectivity index (χ0) is 45.9. The maximum atomic E-state index is 11.0. The first-order chi connectivity index (χ1) is 30.5. The average Bonchev–Trinajstić information content (AvgIpc) is 3.23. The van der Waals surface area contributed by atoms with Gasteiger partial charge >= 0.3 is 0 Å². The monoisotopic (exact) mass is 879 g/mol. The molecule has 0 aliphatic carbocycles. The number of aryl methyl sites for hydroxylation is 2. The lowest BCUT2D eigenvalue weighted by Crippen LogP contribution is -2.15. The lowest BCUT2D eigenvalue weighted by Gasteiger charge is -2.15. The van der Waals surface area contributed by atoms with Crippen molar-refractivity contribution in [2.24, 2.45) is 0 Å². The number of ether oxygens (including phenoxy) is 7. The van der Waals surface area contributed by atoms with Crippen LogP contribution in [0.3, 0.4) is 0 Å². The Labute approximate surface area is 382 Å². The second-order valence-corrected chi connectivity index (χ2v) is 17.0. The Bertz CT molecular complexity index is 1510. The van der Waals surface area contributed by atoms with Gasteiger partial charge in [-0.3, -0.25) is 0 Å². The third kappa shape index (κ3) is 27.4. The van der Waals surface area contributed by atoms with E-state index in [0.717, 1.165) is 98.0 Å². The standard InChI is InChI=1S/C54H86O9/c1-9-11-13-21-47-39-51(55)49(25-23-45(7)19-15-17-43(3)4)53(41-47)62-37-35-60-33-31-58-29-27-57-28-30-59-32-34-61-36-38-63-54-42-48(22-14-12-10-2)40-52(56)50(54)26-24-46(8)20-16-18-44(5)6/h17-18,23-24,39-42,55-56H,9-16,19-22,25-38H2,1-8H3/b45-23+,46-24+. The van der Waals surface area contributed by atoms with Gasteiger partial charge in [-0.25, -0.2) is 0 Å². The Morgan fingerprint density at radius 3 is 1.10 bits per heavy atom. The predicted octanol–water partition coefficient (Wildman–Crippen LogP) is 12.6. The molecule has 0 saturated carbocycles. The number of phenolic OH excluding ortho intramolecular Hbond substituents is 2. The van der Waals surface area contributed by atoms with Gasteiger partial charge in [-0.15, -0.1) is 0 Å². The quantitative estimate of drug-likeness (QED) is 0.0504. The van der Waals surface area contributed by atoms with Crippen molar-refractivity contribution in [2.45, 2.75) is 145 Å². The third-order valence-corrected chi connectivity index (χ3v) is 10.6. The molecule has 0 aliphatic heterocycles. The fourth-order valence-corrected chi connectivity index (χ4v) is 6.82. The minimum Gasteiger partial charge on any atom is -0.508 e. The SMILES string of the molecule is CCCCCc1cc(O)c(C/C=C(\C)CCC=C(C)C)c(OCCOCCOCCOCCOCCOCCOc2cc(CCCCC)cc(O)c2C/C=C(\C)CCC=C(C)C)c1. The van der Waals surface area contributed by atoms with E-state index in [1.807, 2.05) is 12.1 Å². The second kappa shape index (κ2) is 35.7. The lowest BCUT2D eigenvalue weighted by atomic mass is 10.00. The maximum Gasteiger partial charge on any atom is 0.126 e. The smallest absolute Gasteiger partial charge is 0.126 e. The first kappa shape index (κ1) is 55.5. The molecule has 0 amide bonds. The number of hydrogen-bond donors (Lipinski definition) is 2. The van der Waals surface area contributed by atoms with Crippen molar-refractivity contribution < 1.29 is 43.4 Å². The summed E-state index contributed by atoms with van der Waals surface area (Å²) in [6.07, 6.45) is 22.9. The maximum absolute atomic E-state index is 11.0. The van der Waals surface area contributed by atoms with Crippen LogP contribution in [0.1, 0.15) is 142 Å². The van der Waals surface area contributed by atoms with Crippen LogP contribution in [0.5, 0.6) is 23.0 Å². The molecule has 9 heteroatoms. The molecule has 0 spiro atoms. The molecular weight excluding hydrogens is 793 g/mol. The highest BCUT2D eigenvalue weighted by molar-refractivity contribution is 5.49. The molecule has 0 fully saturated rings. The minimum absolute atomic E-state index is 0.300. The Morgan fingerprint density at radius 2 is 0.778 bits per heavy atom. The molecule has 0 aromatic heterocycles. The Kier molecular flexibility index (Phi) is 31.5. The summed E-state index contributed by atoms with van der Waals surface area (Å²) >= 11 is 0. The highest BCUT2D eigenvalue weighted by Gasteiger charge is 2.14. The van der Waals surface area contributed by atoms with Gasteiger partial charge in [-0.05, 0) is 141 Å². The number of aromatic hydroxyl groups is 2. The van der Waals surface area contributed by atoms with Crippen molar-refractivity contribution in [3.05, 3.63) is 93.1 Å². The van der Waals surface area contributed by atoms with Crippen molar-refractivity contribution in [2.75, 3.05) is 79.3 Å². The highest BCUT2D eigenvalue weighted by atomic mass is 16.6. The highest BCUT2D eigenvalue weighted by Crippen LogP contribution is 2.33. The summed E-state index contributed by atoms with van der Waals surface area (Å²) in [4.78, 5) is 0. The fraction of sp³-hybridized carbons (Fsp3) is 0.630. The van der Waals surface area contributed by atoms with E-state index in [4.69, 9.17) is 33.2 Å². The number of benzene rings is 2. The largest absolute Gasteiger partial charge is 0.508 e. The molecule has 0 aliphatic rings. The van der Waals surface area contributed by atoms with Gasteiger partial charge in [0.25, 0.3) is 0 Å². The molecule has 63 heavy (non-hydrogen) atoms. The molecule has 0 unspecified atom stereocenters. The second-order valence-electron chi connectivity index (χ2n) is 17.0. The molecule has 0 atom stereocenters. The van der Waals surface area contributed by atoms with E-state index in [0.29, 0.717) is 104 Å². The van der Waals surface area contributed by atoms with Gasteiger partial charge in [-0.1, -0.05) is 86.1 Å². The summed E-state index contributed by atoms with van der Waals surface area (Å²) in [5, 5.41) is 21.9. The Balaban J connectivity index is 1.60. The molecule has 356 valence electrons. The van der Waals surface area contributed by atoms with Crippen molar-refractivity contribution in [1.82, 2.24) is 0 Å². The normalized spacial score (nSPS) is 11.9. The Morgan fingerprint density at radius 1 is 0.444 bits per heavy atom. The first-order valence-corrected chi connectivity index (χ1v) is 24.0. The average molecular weight is 879 g/mol. The van der Waals surface area contributed by atoms with Gasteiger partial charge in [0.1, 0.15) is 36.2 Å². The summed E-state index contributed by atoms with van der Waals surface area (Å²) in [5.74, 6) is 2.07. The van der Waals surface area contributed by atoms with Crippen LogP contribution in [0, 0.1) is 0 Å². The number of allylic oxidation sites excluding steroid dienone is 8. The van der Waals surface area contributed by atoms with E-state index in [-0.39, 0.29) is 0 Å². The molecule has 0 saturated heterocycles. The van der Waals surface area contributed by atoms with Gasteiger partial charge in [-0.2, -0.15) is 0 Å². The van der Waals surface area contributed by atoms with Crippen LogP contribution in [-0.4, -0.2) is 89.5 Å². The van der Waals surface area contributed by atoms with Crippen LogP contribution in [0.4, 0.5) is 0 Å². The molecule has 0 radical (unpaired) electrons. The van der Waals surface area contributed by atoms with Crippen molar-refractivity contribution in [1.29, 1.82) is 0 Å². The molecular formula is C54H86O9. The number of rotatable bonds is 38. The first-order valence-electron chi connectivity index (χ1n) is 24.0. The molecule has 9 nitrogen and oxygen atoms in total. The van der Waals surface area contributed by atoms with Crippen LogP contribution in [0.25, 0.3) is 0 Å². The van der Waals surface area contributed by atoms with Gasteiger partial charge in [0.2, 0.25) is 0 Å². The van der Waals surface area contributed by atoms with Gasteiger partial charge in [0, 0.05) is 11.1 Å². The van der Waals surface area contributed by atoms with Gasteiger partial charge in [0.15, 0.2) is 0 Å². The van der Waals surface area contributed by atoms with Crippen molar-refractivity contribution in [3.8, 4) is 23.0 Å². The van der Waals surface area contributed by atoms with E-state index in [1.165, 1.54) is 35.1 Å². The van der Waals surface area contributed by atoms with Gasteiger partial charge in [0.05, 0.1) is 66.1 Å². The van der Waals surface area contributed by atoms with Gasteiger partial charge < -0.3 is 43.4 Å². The molecule has 2 aromatic carbocycles.